The van der Waals surface area contributed by atoms with E-state index in [1.54, 1.807) is 12.3 Å². The highest BCUT2D eigenvalue weighted by Gasteiger charge is 2.40. The summed E-state index contributed by atoms with van der Waals surface area (Å²) in [5.41, 5.74) is 8.08. The van der Waals surface area contributed by atoms with E-state index in [0.717, 1.165) is 43.9 Å². The SMILES string of the molecule is CC1(Oc2ccc(N)c(C(=N)c3cc(N4CCC(n5ccnc5)C4)ncn3)c2)CC1. The first-order chi connectivity index (χ1) is 14.5. The van der Waals surface area contributed by atoms with Gasteiger partial charge in [0.05, 0.1) is 23.8 Å². The van der Waals surface area contributed by atoms with Crippen molar-refractivity contribution < 1.29 is 4.74 Å². The molecule has 1 aliphatic carbocycles. The molecule has 0 radical (unpaired) electrons. The van der Waals surface area contributed by atoms with Crippen molar-refractivity contribution in [1.82, 2.24) is 19.5 Å². The third-order valence-electron chi connectivity index (χ3n) is 5.96. The fraction of sp³-hybridized carbons (Fsp3) is 0.364. The van der Waals surface area contributed by atoms with Gasteiger partial charge in [0, 0.05) is 42.8 Å². The van der Waals surface area contributed by atoms with Crippen molar-refractivity contribution in [2.75, 3.05) is 23.7 Å². The van der Waals surface area contributed by atoms with Crippen LogP contribution in [0.1, 0.15) is 43.5 Å². The van der Waals surface area contributed by atoms with Crippen LogP contribution in [0.5, 0.6) is 5.75 Å². The standard InChI is InChI=1S/C22H25N7O/c1-22(5-6-22)30-16-2-3-18(23)17(10-16)21(24)19-11-20(27-13-26-19)28-8-4-15(12-28)29-9-7-25-14-29/h2-3,7,9-11,13-15,24H,4-6,8,12,23H2,1H3. The highest BCUT2D eigenvalue weighted by molar-refractivity contribution is 6.13. The molecule has 3 aromatic rings. The largest absolute Gasteiger partial charge is 0.488 e. The van der Waals surface area contributed by atoms with Gasteiger partial charge in [-0.15, -0.1) is 0 Å². The number of aromatic nitrogens is 4. The lowest BCUT2D eigenvalue weighted by Gasteiger charge is -2.19. The van der Waals surface area contributed by atoms with Crippen LogP contribution in [-0.4, -0.2) is 43.9 Å². The number of imidazole rings is 1. The third kappa shape index (κ3) is 3.60. The summed E-state index contributed by atoms with van der Waals surface area (Å²) in [6.45, 7) is 3.85. The molecule has 3 heterocycles. The first-order valence-corrected chi connectivity index (χ1v) is 10.2. The fourth-order valence-corrected chi connectivity index (χ4v) is 3.85. The van der Waals surface area contributed by atoms with Gasteiger partial charge in [0.25, 0.3) is 0 Å². The molecule has 0 spiro atoms. The number of nitrogens with two attached hydrogens (primary N) is 1. The van der Waals surface area contributed by atoms with Crippen molar-refractivity contribution in [3.8, 4) is 5.75 Å². The van der Waals surface area contributed by atoms with Gasteiger partial charge in [-0.25, -0.2) is 15.0 Å². The molecule has 0 bridgehead atoms. The summed E-state index contributed by atoms with van der Waals surface area (Å²) in [4.78, 5) is 15.2. The molecular formula is C22H25N7O. The number of benzene rings is 1. The Bertz CT molecular complexity index is 1070. The molecule has 154 valence electrons. The number of ether oxygens (including phenoxy) is 1. The average Bonchev–Trinajstić information content (AvgIpc) is 3.19. The molecular weight excluding hydrogens is 378 g/mol. The van der Waals surface area contributed by atoms with Crippen LogP contribution in [0.3, 0.4) is 0 Å². The van der Waals surface area contributed by atoms with Crippen LogP contribution in [-0.2, 0) is 0 Å². The van der Waals surface area contributed by atoms with Gasteiger partial charge in [0.1, 0.15) is 23.5 Å². The van der Waals surface area contributed by atoms with E-state index in [0.29, 0.717) is 23.0 Å². The second-order valence-corrected chi connectivity index (χ2v) is 8.34. The number of anilines is 2. The molecule has 2 fully saturated rings. The zero-order valence-electron chi connectivity index (χ0n) is 17.0. The maximum Gasteiger partial charge on any atom is 0.132 e. The zero-order chi connectivity index (χ0) is 20.7. The van der Waals surface area contributed by atoms with Crippen LogP contribution < -0.4 is 15.4 Å². The molecule has 8 heteroatoms. The predicted molar refractivity (Wildman–Crippen MR) is 115 cm³/mol. The first-order valence-electron chi connectivity index (χ1n) is 10.2. The predicted octanol–water partition coefficient (Wildman–Crippen LogP) is 3.05. The lowest BCUT2D eigenvalue weighted by atomic mass is 10.0. The van der Waals surface area contributed by atoms with Crippen molar-refractivity contribution in [3.05, 3.63) is 60.6 Å². The average molecular weight is 403 g/mol. The van der Waals surface area contributed by atoms with Crippen LogP contribution in [0, 0.1) is 5.41 Å². The Kier molecular flexibility index (Phi) is 4.42. The number of hydrogen-bond acceptors (Lipinski definition) is 7. The minimum absolute atomic E-state index is 0.0841. The van der Waals surface area contributed by atoms with E-state index < -0.39 is 0 Å². The summed E-state index contributed by atoms with van der Waals surface area (Å²) in [6.07, 6.45) is 10.3. The zero-order valence-corrected chi connectivity index (χ0v) is 17.0. The van der Waals surface area contributed by atoms with Gasteiger partial charge in [-0.2, -0.15) is 0 Å². The van der Waals surface area contributed by atoms with E-state index in [1.165, 1.54) is 6.33 Å². The number of rotatable bonds is 6. The third-order valence-corrected chi connectivity index (χ3v) is 5.96. The van der Waals surface area contributed by atoms with E-state index in [9.17, 15) is 0 Å². The Labute approximate surface area is 175 Å². The summed E-state index contributed by atoms with van der Waals surface area (Å²) in [7, 11) is 0. The Hall–Kier alpha value is -3.42. The van der Waals surface area contributed by atoms with Crippen LogP contribution >= 0.6 is 0 Å². The maximum atomic E-state index is 8.72. The Balaban J connectivity index is 1.36. The summed E-state index contributed by atoms with van der Waals surface area (Å²) in [6, 6.07) is 7.74. The fourth-order valence-electron chi connectivity index (χ4n) is 3.85. The number of nitrogens with zero attached hydrogens (tertiary/aromatic N) is 5. The van der Waals surface area contributed by atoms with Crippen LogP contribution in [0.25, 0.3) is 0 Å². The van der Waals surface area contributed by atoms with Gasteiger partial charge < -0.3 is 19.9 Å². The number of nitrogen functional groups attached to an aromatic ring is 1. The van der Waals surface area contributed by atoms with E-state index in [-0.39, 0.29) is 11.3 Å². The molecule has 2 aromatic heterocycles. The van der Waals surface area contributed by atoms with Crippen LogP contribution in [0.15, 0.2) is 49.3 Å². The molecule has 2 aliphatic rings. The van der Waals surface area contributed by atoms with Crippen LogP contribution in [0.4, 0.5) is 11.5 Å². The molecule has 1 aliphatic heterocycles. The lowest BCUT2D eigenvalue weighted by Crippen LogP contribution is -2.22. The van der Waals surface area contributed by atoms with Gasteiger partial charge in [-0.3, -0.25) is 5.41 Å². The summed E-state index contributed by atoms with van der Waals surface area (Å²) < 4.78 is 8.18. The molecule has 5 rings (SSSR count). The van der Waals surface area contributed by atoms with Crippen molar-refractivity contribution in [2.45, 2.75) is 37.8 Å². The summed E-state index contributed by atoms with van der Waals surface area (Å²) >= 11 is 0. The monoisotopic (exact) mass is 403 g/mol. The quantitative estimate of drug-likeness (QED) is 0.484. The normalized spacial score (nSPS) is 19.6. The molecule has 0 amide bonds. The van der Waals surface area contributed by atoms with Gasteiger partial charge in [0.15, 0.2) is 0 Å². The maximum absolute atomic E-state index is 8.72. The van der Waals surface area contributed by atoms with Gasteiger partial charge in [-0.1, -0.05) is 0 Å². The molecule has 8 nitrogen and oxygen atoms in total. The number of hydrogen-bond donors (Lipinski definition) is 2. The molecule has 1 unspecified atom stereocenters. The van der Waals surface area contributed by atoms with Gasteiger partial charge in [0.2, 0.25) is 0 Å². The highest BCUT2D eigenvalue weighted by Crippen LogP contribution is 2.40. The van der Waals surface area contributed by atoms with Crippen LogP contribution in [0.2, 0.25) is 0 Å². The van der Waals surface area contributed by atoms with Crippen molar-refractivity contribution in [1.29, 1.82) is 5.41 Å². The molecule has 3 N–H and O–H groups in total. The van der Waals surface area contributed by atoms with Gasteiger partial charge in [-0.05, 0) is 44.4 Å². The highest BCUT2D eigenvalue weighted by atomic mass is 16.5. The van der Waals surface area contributed by atoms with E-state index in [2.05, 4.69) is 31.3 Å². The van der Waals surface area contributed by atoms with Crippen molar-refractivity contribution in [3.63, 3.8) is 0 Å². The molecule has 1 saturated carbocycles. The lowest BCUT2D eigenvalue weighted by molar-refractivity contribution is 0.200. The smallest absolute Gasteiger partial charge is 0.132 e. The number of nitrogens with one attached hydrogen (secondary N) is 1. The van der Waals surface area contributed by atoms with Gasteiger partial charge >= 0.3 is 0 Å². The van der Waals surface area contributed by atoms with E-state index >= 15 is 0 Å². The van der Waals surface area contributed by atoms with Crippen molar-refractivity contribution >= 4 is 17.2 Å². The second kappa shape index (κ2) is 7.12. The van der Waals surface area contributed by atoms with Crippen molar-refractivity contribution in [2.24, 2.45) is 0 Å². The molecule has 1 saturated heterocycles. The Morgan fingerprint density at radius 2 is 2.13 bits per heavy atom. The minimum atomic E-state index is -0.0841. The Morgan fingerprint density at radius 1 is 1.27 bits per heavy atom. The molecule has 1 atom stereocenters. The van der Waals surface area contributed by atoms with E-state index in [4.69, 9.17) is 15.9 Å². The summed E-state index contributed by atoms with van der Waals surface area (Å²) in [5, 5.41) is 8.72. The topological polar surface area (TPSA) is 106 Å². The van der Waals surface area contributed by atoms with E-state index in [1.807, 2.05) is 30.7 Å². The Morgan fingerprint density at radius 3 is 2.90 bits per heavy atom. The molecule has 1 aromatic carbocycles. The summed E-state index contributed by atoms with van der Waals surface area (Å²) in [5.74, 6) is 1.56. The second-order valence-electron chi connectivity index (χ2n) is 8.34. The molecule has 30 heavy (non-hydrogen) atoms. The minimum Gasteiger partial charge on any atom is -0.488 e. The first kappa shape index (κ1) is 18.6.